The molecule has 0 saturated carbocycles. The molecule has 1 N–H and O–H groups in total. The average Bonchev–Trinajstić information content (AvgIpc) is 3.76. The number of carbonyl (C=O) groups excluding carboxylic acids is 2. The summed E-state index contributed by atoms with van der Waals surface area (Å²) in [7, 11) is -9.88. The third-order valence-electron chi connectivity index (χ3n) is 6.81. The minimum Gasteiger partial charge on any atom is -0.454 e. The Labute approximate surface area is 278 Å². The zero-order valence-electron chi connectivity index (χ0n) is 24.6. The first-order valence-electron chi connectivity index (χ1n) is 13.7. The number of alkyl halides is 3. The molecule has 3 aromatic carbocycles. The largest absolute Gasteiger partial charge is 0.454 e. The maximum Gasteiger partial charge on any atom is 0.411 e. The van der Waals surface area contributed by atoms with Gasteiger partial charge in [-0.15, -0.1) is 5.10 Å². The Bertz CT molecular complexity index is 2040. The fourth-order valence-corrected chi connectivity index (χ4v) is 6.13. The van der Waals surface area contributed by atoms with Crippen molar-refractivity contribution >= 4 is 50.5 Å². The number of carbonyl (C=O) groups is 2. The molecule has 0 bridgehead atoms. The molecular weight excluding hydrogens is 735 g/mol. The Morgan fingerprint density at radius 1 is 1.02 bits per heavy atom. The third kappa shape index (κ3) is 7.75. The number of thioether (sulfide) groups is 1. The van der Waals surface area contributed by atoms with Gasteiger partial charge in [-0.2, -0.15) is 18.2 Å². The standard InChI is InChI=1S/C28H19F9N6O5S2/c29-19-7-15(25-38-13-42(41-25)17-2-4-18(5-3-17)50(33,34,35,36)37)1-6-20(19)39-26(45)40-27-43(24(44)11-49-27)21-9-23-22(47-14-48-23)8-16(21)10-46-12-28(30,31)32/h1-9,13H,10-12,14H2,(H,39,45)/b40-27-. The molecule has 2 aliphatic heterocycles. The van der Waals surface area contributed by atoms with E-state index in [-0.39, 0.29) is 75.4 Å². The molecule has 1 aromatic heterocycles. The zero-order chi connectivity index (χ0) is 36.1. The second-order valence-corrected chi connectivity index (χ2v) is 13.8. The maximum atomic E-state index is 15.1. The van der Waals surface area contributed by atoms with Crippen LogP contribution >= 0.6 is 22.0 Å². The lowest BCUT2D eigenvalue weighted by Gasteiger charge is -2.40. The van der Waals surface area contributed by atoms with Gasteiger partial charge in [0.15, 0.2) is 22.5 Å². The smallest absolute Gasteiger partial charge is 0.411 e. The number of rotatable bonds is 8. The van der Waals surface area contributed by atoms with E-state index in [1.54, 1.807) is 0 Å². The van der Waals surface area contributed by atoms with Gasteiger partial charge in [-0.25, -0.2) is 18.9 Å². The number of fused-ring (bicyclic) bond motifs is 1. The van der Waals surface area contributed by atoms with Crippen molar-refractivity contribution in [1.82, 2.24) is 14.8 Å². The fraction of sp³-hybridized carbons (Fsp3) is 0.179. The predicted molar refractivity (Wildman–Crippen MR) is 163 cm³/mol. The van der Waals surface area contributed by atoms with Gasteiger partial charge < -0.3 is 19.5 Å². The quantitative estimate of drug-likeness (QED) is 0.179. The number of aliphatic imine (C=N–C) groups is 1. The van der Waals surface area contributed by atoms with E-state index in [1.807, 2.05) is 0 Å². The van der Waals surface area contributed by atoms with Crippen LogP contribution in [0.3, 0.4) is 0 Å². The lowest BCUT2D eigenvalue weighted by atomic mass is 10.1. The van der Waals surface area contributed by atoms with Crippen LogP contribution in [0.2, 0.25) is 0 Å². The van der Waals surface area contributed by atoms with Crippen molar-refractivity contribution in [3.63, 3.8) is 0 Å². The molecular formula is C28H19F9N6O5S2. The van der Waals surface area contributed by atoms with E-state index >= 15 is 4.39 Å². The summed E-state index contributed by atoms with van der Waals surface area (Å²) in [6.07, 6.45) is -3.55. The van der Waals surface area contributed by atoms with Crippen LogP contribution in [0.4, 0.5) is 53.2 Å². The highest BCUT2D eigenvalue weighted by atomic mass is 32.5. The molecule has 22 heteroatoms. The van der Waals surface area contributed by atoms with Crippen LogP contribution in [0, 0.1) is 5.82 Å². The van der Waals surface area contributed by atoms with Crippen LogP contribution in [0.5, 0.6) is 11.5 Å². The topological polar surface area (TPSA) is 120 Å². The second kappa shape index (κ2) is 11.8. The molecule has 3 amide bonds. The van der Waals surface area contributed by atoms with Crippen LogP contribution in [-0.2, 0) is 16.1 Å². The zero-order valence-corrected chi connectivity index (χ0v) is 26.2. The van der Waals surface area contributed by atoms with E-state index < -0.39 is 52.3 Å². The highest BCUT2D eigenvalue weighted by Crippen LogP contribution is 3.02. The van der Waals surface area contributed by atoms with Gasteiger partial charge in [0.05, 0.1) is 29.4 Å². The number of ether oxygens (including phenoxy) is 3. The van der Waals surface area contributed by atoms with Crippen LogP contribution in [-0.4, -0.2) is 57.2 Å². The highest BCUT2D eigenvalue weighted by Gasteiger charge is 2.65. The van der Waals surface area contributed by atoms with E-state index in [2.05, 4.69) is 20.4 Å². The number of amides is 3. The van der Waals surface area contributed by atoms with Crippen LogP contribution in [0.15, 0.2) is 70.8 Å². The van der Waals surface area contributed by atoms with E-state index in [4.69, 9.17) is 14.2 Å². The van der Waals surface area contributed by atoms with E-state index in [1.165, 1.54) is 18.2 Å². The summed E-state index contributed by atoms with van der Waals surface area (Å²) in [5.74, 6) is -1.47. The summed E-state index contributed by atoms with van der Waals surface area (Å²) in [5, 5.41) is 6.07. The molecule has 0 spiro atoms. The summed E-state index contributed by atoms with van der Waals surface area (Å²) in [6.45, 7) is -2.34. The SMILES string of the molecule is O=C(/N=C1\SCC(=O)N1c1cc2c(cc1COCC(F)(F)F)OCO2)Nc1ccc(-c2ncn(-c3ccc(S(F)(F)(F)(F)F)cc3)n2)cc1F. The molecule has 0 radical (unpaired) electrons. The van der Waals surface area contributed by atoms with E-state index in [0.29, 0.717) is 0 Å². The van der Waals surface area contributed by atoms with Gasteiger partial charge in [-0.3, -0.25) is 9.69 Å². The maximum absolute atomic E-state index is 15.1. The molecule has 0 unspecified atom stereocenters. The van der Waals surface area contributed by atoms with Gasteiger partial charge in [0.2, 0.25) is 12.7 Å². The first kappa shape index (κ1) is 34.9. The van der Waals surface area contributed by atoms with Crippen LogP contribution in [0.1, 0.15) is 5.56 Å². The summed E-state index contributed by atoms with van der Waals surface area (Å²) < 4.78 is 135. The minimum absolute atomic E-state index is 0.0241. The molecule has 2 aliphatic rings. The number of hydrogen-bond donors (Lipinski definition) is 1. The first-order valence-corrected chi connectivity index (χ1v) is 16.7. The molecule has 1 fully saturated rings. The van der Waals surface area contributed by atoms with E-state index in [0.717, 1.165) is 51.9 Å². The summed E-state index contributed by atoms with van der Waals surface area (Å²) in [6, 6.07) is 6.84. The first-order chi connectivity index (χ1) is 23.2. The molecule has 3 heterocycles. The Morgan fingerprint density at radius 3 is 2.38 bits per heavy atom. The van der Waals surface area contributed by atoms with Crippen molar-refractivity contribution in [2.45, 2.75) is 17.7 Å². The van der Waals surface area contributed by atoms with Crippen molar-refractivity contribution in [2.24, 2.45) is 4.99 Å². The number of hydrogen-bond acceptors (Lipinski definition) is 8. The van der Waals surface area contributed by atoms with Crippen LogP contribution < -0.4 is 19.7 Å². The predicted octanol–water partition coefficient (Wildman–Crippen LogP) is 8.21. The summed E-state index contributed by atoms with van der Waals surface area (Å²) in [4.78, 5) is 32.4. The molecule has 11 nitrogen and oxygen atoms in total. The number of aromatic nitrogens is 3. The Hall–Kier alpha value is -4.96. The summed E-state index contributed by atoms with van der Waals surface area (Å²) in [5.41, 5.74) is -0.214. The number of amidine groups is 1. The number of anilines is 2. The minimum atomic E-state index is -9.88. The van der Waals surface area contributed by atoms with Crippen molar-refractivity contribution < 1.29 is 60.8 Å². The van der Waals surface area contributed by atoms with Gasteiger partial charge in [0, 0.05) is 17.2 Å². The molecule has 4 aromatic rings. The lowest BCUT2D eigenvalue weighted by Crippen LogP contribution is -2.31. The monoisotopic (exact) mass is 754 g/mol. The van der Waals surface area contributed by atoms with Crippen molar-refractivity contribution in [3.8, 4) is 28.6 Å². The third-order valence-corrected chi connectivity index (χ3v) is 8.89. The van der Waals surface area contributed by atoms with Crippen molar-refractivity contribution in [1.29, 1.82) is 0 Å². The number of benzene rings is 3. The summed E-state index contributed by atoms with van der Waals surface area (Å²) >= 11 is 0.837. The molecule has 0 atom stereocenters. The number of nitrogens with zero attached hydrogens (tertiary/aromatic N) is 5. The van der Waals surface area contributed by atoms with Gasteiger partial charge in [-0.05, 0) is 48.5 Å². The number of nitrogens with one attached hydrogen (secondary N) is 1. The molecule has 50 heavy (non-hydrogen) atoms. The van der Waals surface area contributed by atoms with Crippen molar-refractivity contribution in [3.05, 3.63) is 72.3 Å². The Kier molecular flexibility index (Phi) is 8.25. The van der Waals surface area contributed by atoms with Gasteiger partial charge >= 0.3 is 22.4 Å². The second-order valence-electron chi connectivity index (χ2n) is 10.5. The molecule has 6 rings (SSSR count). The van der Waals surface area contributed by atoms with Gasteiger partial charge in [0.25, 0.3) is 0 Å². The number of halogens is 9. The molecule has 0 aliphatic carbocycles. The lowest BCUT2D eigenvalue weighted by molar-refractivity contribution is -0.176. The highest BCUT2D eigenvalue weighted by molar-refractivity contribution is 8.45. The normalized spacial score (nSPS) is 16.9. The fourth-order valence-electron chi connectivity index (χ4n) is 4.62. The number of urea groups is 1. The average molecular weight is 755 g/mol. The van der Waals surface area contributed by atoms with Gasteiger partial charge in [-0.1, -0.05) is 31.2 Å². The van der Waals surface area contributed by atoms with E-state index in [9.17, 15) is 42.2 Å². The Morgan fingerprint density at radius 2 is 1.72 bits per heavy atom. The van der Waals surface area contributed by atoms with Gasteiger partial charge in [0.1, 0.15) is 23.6 Å². The van der Waals surface area contributed by atoms with Crippen molar-refractivity contribution in [2.75, 3.05) is 29.4 Å². The Balaban J connectivity index is 1.18. The van der Waals surface area contributed by atoms with Crippen LogP contribution in [0.25, 0.3) is 17.1 Å². The molecule has 1 saturated heterocycles. The molecule has 266 valence electrons.